The number of likely N-dealkylation sites (N-methyl/N-ethyl adjacent to an activating group) is 1. The third-order valence-corrected chi connectivity index (χ3v) is 5.20. The molecular weight excluding hydrogens is 368 g/mol. The highest BCUT2D eigenvalue weighted by Gasteiger charge is 2.25. The van der Waals surface area contributed by atoms with Crippen molar-refractivity contribution >= 4 is 29.5 Å². The molecule has 0 unspecified atom stereocenters. The summed E-state index contributed by atoms with van der Waals surface area (Å²) in [6.07, 6.45) is 3.32. The number of aromatic carboxylic acids is 1. The lowest BCUT2D eigenvalue weighted by molar-refractivity contribution is -0.121. The zero-order chi connectivity index (χ0) is 19.4. The van der Waals surface area contributed by atoms with E-state index < -0.39 is 5.97 Å². The second kappa shape index (κ2) is 8.30. The van der Waals surface area contributed by atoms with E-state index in [4.69, 9.17) is 9.52 Å². The van der Waals surface area contributed by atoms with Gasteiger partial charge in [-0.2, -0.15) is 0 Å². The molecule has 0 radical (unpaired) electrons. The van der Waals surface area contributed by atoms with Crippen LogP contribution in [-0.4, -0.2) is 47.4 Å². The molecular formula is C19H20N2O5S. The normalized spacial score (nSPS) is 13.2. The molecule has 7 nitrogen and oxygen atoms in total. The van der Waals surface area contributed by atoms with Gasteiger partial charge < -0.3 is 19.7 Å². The lowest BCUT2D eigenvalue weighted by Gasteiger charge is -2.18. The number of nitrogens with zero attached hydrogens (tertiary/aromatic N) is 1. The molecule has 0 saturated heterocycles. The molecule has 1 fully saturated rings. The van der Waals surface area contributed by atoms with Gasteiger partial charge in [0, 0.05) is 18.0 Å². The van der Waals surface area contributed by atoms with Crippen LogP contribution in [0, 0.1) is 0 Å². The standard InChI is InChI=1S/C19H20N2O5S/c1-21(10-17(22)20-12-6-7-12)18(23)14-4-2-3-5-16(14)27-11-15-13(19(24)25)8-9-26-15/h2-5,8-9,12H,6-7,10-11H2,1H3,(H,20,22)(H,24,25). The van der Waals surface area contributed by atoms with Crippen molar-refractivity contribution < 1.29 is 23.9 Å². The van der Waals surface area contributed by atoms with E-state index in [1.54, 1.807) is 31.3 Å². The van der Waals surface area contributed by atoms with E-state index in [1.807, 2.05) is 0 Å². The Hall–Kier alpha value is -2.74. The summed E-state index contributed by atoms with van der Waals surface area (Å²) in [6, 6.07) is 8.70. The minimum atomic E-state index is -1.05. The van der Waals surface area contributed by atoms with Gasteiger partial charge in [-0.05, 0) is 31.0 Å². The summed E-state index contributed by atoms with van der Waals surface area (Å²) in [5.41, 5.74) is 0.577. The van der Waals surface area contributed by atoms with E-state index in [2.05, 4.69) is 5.32 Å². The Balaban J connectivity index is 1.67. The molecule has 2 N–H and O–H groups in total. The first kappa shape index (κ1) is 19.0. The second-order valence-electron chi connectivity index (χ2n) is 6.35. The van der Waals surface area contributed by atoms with Gasteiger partial charge in [-0.15, -0.1) is 11.8 Å². The third-order valence-electron chi connectivity index (χ3n) is 4.12. The van der Waals surface area contributed by atoms with Crippen molar-refractivity contribution in [2.24, 2.45) is 0 Å². The quantitative estimate of drug-likeness (QED) is 0.675. The summed E-state index contributed by atoms with van der Waals surface area (Å²) in [7, 11) is 1.59. The maximum Gasteiger partial charge on any atom is 0.339 e. The Morgan fingerprint density at radius 1 is 1.22 bits per heavy atom. The number of benzene rings is 1. The Morgan fingerprint density at radius 3 is 2.67 bits per heavy atom. The van der Waals surface area contributed by atoms with Crippen molar-refractivity contribution in [2.75, 3.05) is 13.6 Å². The van der Waals surface area contributed by atoms with E-state index in [0.29, 0.717) is 16.2 Å². The number of carboxylic acid groups (broad SMARTS) is 1. The van der Waals surface area contributed by atoms with Crippen LogP contribution in [0.3, 0.4) is 0 Å². The van der Waals surface area contributed by atoms with Crippen LogP contribution in [-0.2, 0) is 10.5 Å². The van der Waals surface area contributed by atoms with Crippen LogP contribution in [0.2, 0.25) is 0 Å². The van der Waals surface area contributed by atoms with Crippen LogP contribution in [0.4, 0.5) is 0 Å². The summed E-state index contributed by atoms with van der Waals surface area (Å²) in [6.45, 7) is -0.00429. The van der Waals surface area contributed by atoms with Crippen molar-refractivity contribution in [3.05, 3.63) is 53.5 Å². The number of hydrogen-bond donors (Lipinski definition) is 2. The van der Waals surface area contributed by atoms with Crippen LogP contribution >= 0.6 is 11.8 Å². The summed E-state index contributed by atoms with van der Waals surface area (Å²) >= 11 is 1.32. The first-order chi connectivity index (χ1) is 13.0. The van der Waals surface area contributed by atoms with Gasteiger partial charge in [-0.3, -0.25) is 9.59 Å². The number of rotatable bonds is 8. The number of hydrogen-bond acceptors (Lipinski definition) is 5. The van der Waals surface area contributed by atoms with Gasteiger partial charge in [-0.1, -0.05) is 12.1 Å². The number of carbonyl (C=O) groups excluding carboxylic acids is 2. The van der Waals surface area contributed by atoms with Crippen molar-refractivity contribution in [1.82, 2.24) is 10.2 Å². The molecule has 3 rings (SSSR count). The highest BCUT2D eigenvalue weighted by molar-refractivity contribution is 7.98. The Labute approximate surface area is 160 Å². The van der Waals surface area contributed by atoms with E-state index in [-0.39, 0.29) is 35.7 Å². The van der Waals surface area contributed by atoms with Crippen LogP contribution in [0.1, 0.15) is 39.3 Å². The summed E-state index contributed by atoms with van der Waals surface area (Å²) in [4.78, 5) is 37.9. The zero-order valence-electron chi connectivity index (χ0n) is 14.8. The van der Waals surface area contributed by atoms with E-state index in [0.717, 1.165) is 12.8 Å². The first-order valence-electron chi connectivity index (χ1n) is 8.52. The second-order valence-corrected chi connectivity index (χ2v) is 7.37. The maximum atomic E-state index is 12.8. The molecule has 1 aliphatic rings. The highest BCUT2D eigenvalue weighted by Crippen LogP contribution is 2.28. The molecule has 1 aromatic heterocycles. The molecule has 2 amide bonds. The van der Waals surface area contributed by atoms with Gasteiger partial charge in [-0.25, -0.2) is 4.79 Å². The van der Waals surface area contributed by atoms with Crippen molar-refractivity contribution in [2.45, 2.75) is 29.5 Å². The smallest absolute Gasteiger partial charge is 0.339 e. The van der Waals surface area contributed by atoms with Crippen molar-refractivity contribution in [1.29, 1.82) is 0 Å². The SMILES string of the molecule is CN(CC(=O)NC1CC1)C(=O)c1ccccc1SCc1occc1C(=O)O. The molecule has 0 bridgehead atoms. The van der Waals surface area contributed by atoms with Gasteiger partial charge in [0.05, 0.1) is 24.1 Å². The Kier molecular flexibility index (Phi) is 5.85. The molecule has 0 aliphatic heterocycles. The monoisotopic (exact) mass is 388 g/mol. The molecule has 0 spiro atoms. The largest absolute Gasteiger partial charge is 0.478 e. The lowest BCUT2D eigenvalue weighted by atomic mass is 10.2. The fraction of sp³-hybridized carbons (Fsp3) is 0.316. The predicted molar refractivity (Wildman–Crippen MR) is 99.8 cm³/mol. The zero-order valence-corrected chi connectivity index (χ0v) is 15.6. The number of furan rings is 1. The van der Waals surface area contributed by atoms with Gasteiger partial charge in [0.25, 0.3) is 5.91 Å². The Bertz CT molecular complexity index is 859. The highest BCUT2D eigenvalue weighted by atomic mass is 32.2. The van der Waals surface area contributed by atoms with Crippen molar-refractivity contribution in [3.63, 3.8) is 0 Å². The van der Waals surface area contributed by atoms with Crippen LogP contribution in [0.25, 0.3) is 0 Å². The number of amides is 2. The molecule has 27 heavy (non-hydrogen) atoms. The molecule has 1 aromatic carbocycles. The van der Waals surface area contributed by atoms with Crippen molar-refractivity contribution in [3.8, 4) is 0 Å². The lowest BCUT2D eigenvalue weighted by Crippen LogP contribution is -2.39. The predicted octanol–water partition coefficient (Wildman–Crippen LogP) is 2.62. The van der Waals surface area contributed by atoms with Gasteiger partial charge >= 0.3 is 5.97 Å². The summed E-state index contributed by atoms with van der Waals surface area (Å²) < 4.78 is 5.24. The minimum absolute atomic E-state index is 0.00429. The fourth-order valence-corrected chi connectivity index (χ4v) is 3.55. The van der Waals surface area contributed by atoms with E-state index >= 15 is 0 Å². The number of nitrogens with one attached hydrogen (secondary N) is 1. The molecule has 1 aliphatic carbocycles. The molecule has 0 atom stereocenters. The number of carboxylic acids is 1. The van der Waals surface area contributed by atoms with Crippen LogP contribution < -0.4 is 5.32 Å². The maximum absolute atomic E-state index is 12.8. The minimum Gasteiger partial charge on any atom is -0.478 e. The summed E-state index contributed by atoms with van der Waals surface area (Å²) in [5.74, 6) is -0.857. The first-order valence-corrected chi connectivity index (χ1v) is 9.50. The average molecular weight is 388 g/mol. The molecule has 8 heteroatoms. The number of thioether (sulfide) groups is 1. The molecule has 1 saturated carbocycles. The van der Waals surface area contributed by atoms with Crippen LogP contribution in [0.15, 0.2) is 45.9 Å². The Morgan fingerprint density at radius 2 is 1.96 bits per heavy atom. The third kappa shape index (κ3) is 4.91. The van der Waals surface area contributed by atoms with Crippen LogP contribution in [0.5, 0.6) is 0 Å². The van der Waals surface area contributed by atoms with E-state index in [9.17, 15) is 14.4 Å². The molecule has 142 valence electrons. The number of carbonyl (C=O) groups is 3. The van der Waals surface area contributed by atoms with E-state index in [1.165, 1.54) is 29.0 Å². The molecule has 1 heterocycles. The summed E-state index contributed by atoms with van der Waals surface area (Å²) in [5, 5.41) is 12.0. The van der Waals surface area contributed by atoms with Gasteiger partial charge in [0.15, 0.2) is 0 Å². The fourth-order valence-electron chi connectivity index (χ4n) is 2.55. The van der Waals surface area contributed by atoms with Gasteiger partial charge in [0.2, 0.25) is 5.91 Å². The topological polar surface area (TPSA) is 99.9 Å². The average Bonchev–Trinajstić information content (AvgIpc) is 3.32. The van der Waals surface area contributed by atoms with Gasteiger partial charge in [0.1, 0.15) is 11.3 Å². The molecule has 2 aromatic rings.